The number of carbonyl (C=O) groups is 4. The van der Waals surface area contributed by atoms with Gasteiger partial charge in [-0.05, 0) is 107 Å². The number of aryl methyl sites for hydroxylation is 2. The second-order valence-electron chi connectivity index (χ2n) is 12.8. The number of hydrogen-bond donors (Lipinski definition) is 0. The van der Waals surface area contributed by atoms with Gasteiger partial charge in [-0.3, -0.25) is 0 Å². The van der Waals surface area contributed by atoms with Gasteiger partial charge in [0, 0.05) is 0 Å². The monoisotopic (exact) mass is 670 g/mol. The van der Waals surface area contributed by atoms with E-state index in [1.54, 1.807) is 12.1 Å². The average Bonchev–Trinajstić information content (AvgIpc) is 3.71. The van der Waals surface area contributed by atoms with Crippen LogP contribution in [-0.4, -0.2) is 23.9 Å². The average molecular weight is 671 g/mol. The quantitative estimate of drug-likeness (QED) is 0.128. The van der Waals surface area contributed by atoms with E-state index in [0.29, 0.717) is 23.0 Å². The Morgan fingerprint density at radius 3 is 1.27 bits per heavy atom. The molecule has 8 nitrogen and oxygen atoms in total. The molecule has 3 aliphatic rings. The van der Waals surface area contributed by atoms with Gasteiger partial charge in [0.2, 0.25) is 0 Å². The van der Waals surface area contributed by atoms with Crippen molar-refractivity contribution in [2.75, 3.05) is 0 Å². The van der Waals surface area contributed by atoms with Gasteiger partial charge in [0.05, 0.1) is 27.7 Å². The van der Waals surface area contributed by atoms with Crippen molar-refractivity contribution in [2.45, 2.75) is 19.3 Å². The van der Waals surface area contributed by atoms with Crippen molar-refractivity contribution in [1.82, 2.24) is 0 Å². The predicted octanol–water partition coefficient (Wildman–Crippen LogP) is 8.87. The van der Waals surface area contributed by atoms with Crippen molar-refractivity contribution in [2.24, 2.45) is 0 Å². The summed E-state index contributed by atoms with van der Waals surface area (Å²) >= 11 is 0. The fraction of sp³-hybridized carbons (Fsp3) is 0.0698. The van der Waals surface area contributed by atoms with E-state index < -0.39 is 29.3 Å². The summed E-state index contributed by atoms with van der Waals surface area (Å²) in [4.78, 5) is 48.2. The van der Waals surface area contributed by atoms with Crippen LogP contribution in [0.5, 0.6) is 23.0 Å². The van der Waals surface area contributed by atoms with E-state index in [1.807, 2.05) is 26.0 Å². The van der Waals surface area contributed by atoms with E-state index in [2.05, 4.69) is 72.8 Å². The van der Waals surface area contributed by atoms with Crippen LogP contribution >= 0.6 is 0 Å². The molecule has 0 fully saturated rings. The lowest BCUT2D eigenvalue weighted by Gasteiger charge is -2.34. The van der Waals surface area contributed by atoms with Gasteiger partial charge in [0.15, 0.2) is 0 Å². The molecule has 0 unspecified atom stereocenters. The van der Waals surface area contributed by atoms with Gasteiger partial charge < -0.3 is 18.9 Å². The van der Waals surface area contributed by atoms with E-state index in [0.717, 1.165) is 44.5 Å². The molecule has 0 saturated heterocycles. The molecule has 2 heterocycles. The molecule has 9 rings (SSSR count). The zero-order chi connectivity index (χ0) is 35.0. The van der Waals surface area contributed by atoms with Crippen LogP contribution in [0.15, 0.2) is 121 Å². The lowest BCUT2D eigenvalue weighted by molar-refractivity contribution is 0.0425. The highest BCUT2D eigenvalue weighted by Crippen LogP contribution is 2.56. The molecule has 246 valence electrons. The van der Waals surface area contributed by atoms with Gasteiger partial charge >= 0.3 is 23.9 Å². The Labute approximate surface area is 291 Å². The number of esters is 4. The third kappa shape index (κ3) is 4.53. The van der Waals surface area contributed by atoms with Crippen LogP contribution in [0.25, 0.3) is 11.1 Å². The normalized spacial score (nSPS) is 14.7. The predicted molar refractivity (Wildman–Crippen MR) is 186 cm³/mol. The van der Waals surface area contributed by atoms with Crippen LogP contribution in [0.4, 0.5) is 0 Å². The van der Waals surface area contributed by atoms with Crippen LogP contribution < -0.4 is 9.47 Å². The fourth-order valence-corrected chi connectivity index (χ4v) is 7.53. The maximum Gasteiger partial charge on any atom is 0.347 e. The van der Waals surface area contributed by atoms with Crippen molar-refractivity contribution in [3.05, 3.63) is 177 Å². The molecule has 2 aliphatic heterocycles. The summed E-state index contributed by atoms with van der Waals surface area (Å²) in [6.45, 7) is 3.96. The minimum absolute atomic E-state index is 0.182. The molecule has 0 atom stereocenters. The number of fused-ring (bicyclic) bond motifs is 5. The second kappa shape index (κ2) is 11.1. The lowest BCUT2D eigenvalue weighted by atomic mass is 9.67. The van der Waals surface area contributed by atoms with Crippen molar-refractivity contribution < 1.29 is 38.1 Å². The summed E-state index contributed by atoms with van der Waals surface area (Å²) in [5, 5.41) is 0. The summed E-state index contributed by atoms with van der Waals surface area (Å²) in [5.74, 6) is -0.654. The van der Waals surface area contributed by atoms with Crippen LogP contribution in [0, 0.1) is 13.8 Å². The molecule has 51 heavy (non-hydrogen) atoms. The van der Waals surface area contributed by atoms with E-state index >= 15 is 0 Å². The molecule has 1 aliphatic carbocycles. The van der Waals surface area contributed by atoms with E-state index in [9.17, 15) is 19.2 Å². The van der Waals surface area contributed by atoms with Gasteiger partial charge in [-0.15, -0.1) is 0 Å². The number of ether oxygens (including phenoxy) is 4. The first-order valence-corrected chi connectivity index (χ1v) is 16.3. The number of benzene rings is 6. The smallest absolute Gasteiger partial charge is 0.347 e. The molecule has 0 amide bonds. The van der Waals surface area contributed by atoms with Crippen molar-refractivity contribution in [3.63, 3.8) is 0 Å². The largest absolute Gasteiger partial charge is 0.457 e. The Morgan fingerprint density at radius 1 is 0.431 bits per heavy atom. The molecule has 0 N–H and O–H groups in total. The summed E-state index contributed by atoms with van der Waals surface area (Å²) in [5.41, 5.74) is 8.47. The molecule has 0 spiro atoms. The molecule has 8 heteroatoms. The molecule has 0 bridgehead atoms. The van der Waals surface area contributed by atoms with Gasteiger partial charge in [0.25, 0.3) is 0 Å². The zero-order valence-electron chi connectivity index (χ0n) is 27.3. The SMILES string of the molecule is Cc1cc(C2(c3ccc(Oc4ccc5c(c4)C(=O)OC5=O)c(C)c3)c3ccccc3-c3ccccc32)ccc1Oc1ccc2c(c1)C(=O)OC2=O. The molecule has 6 aromatic carbocycles. The molecule has 6 aromatic rings. The number of carbonyl (C=O) groups excluding carboxylic acids is 4. The third-order valence-electron chi connectivity index (χ3n) is 9.86. The van der Waals surface area contributed by atoms with Crippen LogP contribution in [-0.2, 0) is 14.9 Å². The third-order valence-corrected chi connectivity index (χ3v) is 9.86. The van der Waals surface area contributed by atoms with E-state index in [1.165, 1.54) is 24.3 Å². The topological polar surface area (TPSA) is 105 Å². The van der Waals surface area contributed by atoms with Crippen molar-refractivity contribution in [3.8, 4) is 34.1 Å². The summed E-state index contributed by atoms with van der Waals surface area (Å²) in [6, 6.07) is 38.6. The van der Waals surface area contributed by atoms with Gasteiger partial charge in [0.1, 0.15) is 23.0 Å². The highest BCUT2D eigenvalue weighted by molar-refractivity contribution is 6.15. The minimum Gasteiger partial charge on any atom is -0.457 e. The Hall–Kier alpha value is -6.80. The first-order chi connectivity index (χ1) is 24.7. The Kier molecular flexibility index (Phi) is 6.60. The Balaban J connectivity index is 1.14. The first kappa shape index (κ1) is 30.3. The van der Waals surface area contributed by atoms with Gasteiger partial charge in [-0.1, -0.05) is 72.8 Å². The van der Waals surface area contributed by atoms with E-state index in [-0.39, 0.29) is 22.3 Å². The van der Waals surface area contributed by atoms with Crippen LogP contribution in [0.2, 0.25) is 0 Å². The van der Waals surface area contributed by atoms with Gasteiger partial charge in [-0.2, -0.15) is 0 Å². The van der Waals surface area contributed by atoms with Crippen molar-refractivity contribution in [1.29, 1.82) is 0 Å². The lowest BCUT2D eigenvalue weighted by Crippen LogP contribution is -2.28. The van der Waals surface area contributed by atoms with Crippen molar-refractivity contribution >= 4 is 23.9 Å². The number of cyclic esters (lactones) is 4. The second-order valence-corrected chi connectivity index (χ2v) is 12.8. The molecular weight excluding hydrogens is 644 g/mol. The molecule has 0 radical (unpaired) electrons. The highest BCUT2D eigenvalue weighted by Gasteiger charge is 2.46. The summed E-state index contributed by atoms with van der Waals surface area (Å²) < 4.78 is 22.0. The molecule has 0 saturated carbocycles. The molecular formula is C43H26O8. The molecule has 0 aromatic heterocycles. The van der Waals surface area contributed by atoms with Gasteiger partial charge in [-0.25, -0.2) is 19.2 Å². The van der Waals surface area contributed by atoms with E-state index in [4.69, 9.17) is 18.9 Å². The summed E-state index contributed by atoms with van der Waals surface area (Å²) in [6.07, 6.45) is 0. The highest BCUT2D eigenvalue weighted by atomic mass is 16.6. The maximum absolute atomic E-state index is 12.2. The number of rotatable bonds is 6. The standard InChI is InChI=1S/C43H26O8/c1-23-19-25(11-17-37(23)48-27-13-15-31-33(21-27)41(46)50-39(31)44)43(35-9-5-3-7-29(35)30-8-4-6-10-36(30)43)26-12-18-38(24(2)20-26)49-28-14-16-32-34(22-28)42(47)51-40(32)45/h3-22H,1-2H3. The number of hydrogen-bond acceptors (Lipinski definition) is 8. The van der Waals surface area contributed by atoms with Crippen LogP contribution in [0.3, 0.4) is 0 Å². The van der Waals surface area contributed by atoms with Crippen LogP contribution in [0.1, 0.15) is 74.8 Å². The fourth-order valence-electron chi connectivity index (χ4n) is 7.53. The Bertz CT molecular complexity index is 2370. The first-order valence-electron chi connectivity index (χ1n) is 16.3. The maximum atomic E-state index is 12.2. The zero-order valence-corrected chi connectivity index (χ0v) is 27.3. The Morgan fingerprint density at radius 2 is 0.843 bits per heavy atom. The summed E-state index contributed by atoms with van der Waals surface area (Å²) in [7, 11) is 0. The minimum atomic E-state index is -0.699.